The van der Waals surface area contributed by atoms with Gasteiger partial charge in [0.2, 0.25) is 0 Å². The summed E-state index contributed by atoms with van der Waals surface area (Å²) < 4.78 is 15.1. The van der Waals surface area contributed by atoms with Crippen molar-refractivity contribution in [1.82, 2.24) is 0 Å². The second kappa shape index (κ2) is 5.61. The van der Waals surface area contributed by atoms with Crippen molar-refractivity contribution in [3.8, 4) is 0 Å². The molecule has 0 atom stereocenters. The van der Waals surface area contributed by atoms with Gasteiger partial charge in [0, 0.05) is 6.42 Å². The first-order valence-electron chi connectivity index (χ1n) is 4.60. The highest BCUT2D eigenvalue weighted by Crippen LogP contribution is 2.42. The molecule has 90 valence electrons. The third kappa shape index (κ3) is 9.87. The fraction of sp³-hybridized carbons (Fsp3) is 0.875. The van der Waals surface area contributed by atoms with Gasteiger partial charge in [0.15, 0.2) is 0 Å². The molecular weight excluding hydrogens is 223 g/mol. The van der Waals surface area contributed by atoms with Crippen LogP contribution in [0, 0.1) is 0 Å². The predicted octanol–water partition coefficient (Wildman–Crippen LogP) is 1.52. The average Bonchev–Trinajstić information content (AvgIpc) is 1.93. The van der Waals surface area contributed by atoms with E-state index in [4.69, 9.17) is 14.9 Å². The minimum Gasteiger partial charge on any atom is -0.481 e. The second-order valence-corrected chi connectivity index (χ2v) is 5.11. The van der Waals surface area contributed by atoms with E-state index in [0.29, 0.717) is 19.3 Å². The summed E-state index contributed by atoms with van der Waals surface area (Å²) in [6.07, 6.45) is 1.50. The summed E-state index contributed by atoms with van der Waals surface area (Å²) in [6.45, 7) is 3.12. The lowest BCUT2D eigenvalue weighted by Crippen LogP contribution is -2.22. The molecule has 0 aliphatic carbocycles. The summed E-state index contributed by atoms with van der Waals surface area (Å²) in [4.78, 5) is 27.4. The predicted molar refractivity (Wildman–Crippen MR) is 53.3 cm³/mol. The minimum atomic E-state index is -4.47. The number of hydrogen-bond acceptors (Lipinski definition) is 3. The van der Waals surface area contributed by atoms with Gasteiger partial charge in [-0.1, -0.05) is 6.42 Å². The zero-order chi connectivity index (χ0) is 12.1. The molecule has 0 aliphatic rings. The molecule has 0 aromatic heterocycles. The van der Waals surface area contributed by atoms with E-state index in [-0.39, 0.29) is 6.42 Å². The van der Waals surface area contributed by atoms with Gasteiger partial charge in [0.1, 0.15) is 0 Å². The number of phosphoric ester groups is 1. The van der Waals surface area contributed by atoms with Crippen molar-refractivity contribution >= 4 is 13.8 Å². The first-order valence-corrected chi connectivity index (χ1v) is 6.13. The molecule has 0 aromatic carbocycles. The number of rotatable bonds is 7. The maximum Gasteiger partial charge on any atom is 0.470 e. The molecule has 7 heteroatoms. The van der Waals surface area contributed by atoms with Crippen molar-refractivity contribution in [3.63, 3.8) is 0 Å². The van der Waals surface area contributed by atoms with Crippen molar-refractivity contribution in [2.75, 3.05) is 0 Å². The van der Waals surface area contributed by atoms with Crippen LogP contribution in [0.25, 0.3) is 0 Å². The first kappa shape index (κ1) is 14.6. The number of aliphatic carboxylic acids is 1. The Morgan fingerprint density at radius 3 is 2.27 bits per heavy atom. The van der Waals surface area contributed by atoms with Gasteiger partial charge in [-0.25, -0.2) is 4.57 Å². The quantitative estimate of drug-likeness (QED) is 0.460. The van der Waals surface area contributed by atoms with Crippen molar-refractivity contribution in [1.29, 1.82) is 0 Å². The summed E-state index contributed by atoms with van der Waals surface area (Å²) in [6, 6.07) is 0. The van der Waals surface area contributed by atoms with Crippen LogP contribution >= 0.6 is 7.82 Å². The van der Waals surface area contributed by atoms with E-state index >= 15 is 0 Å². The van der Waals surface area contributed by atoms with Gasteiger partial charge in [-0.15, -0.1) is 0 Å². The van der Waals surface area contributed by atoms with Crippen molar-refractivity contribution < 1.29 is 28.8 Å². The van der Waals surface area contributed by atoms with Crippen LogP contribution in [0.2, 0.25) is 0 Å². The molecule has 3 N–H and O–H groups in total. The molecule has 0 saturated heterocycles. The van der Waals surface area contributed by atoms with E-state index in [2.05, 4.69) is 4.52 Å². The van der Waals surface area contributed by atoms with E-state index in [0.717, 1.165) is 0 Å². The van der Waals surface area contributed by atoms with E-state index in [9.17, 15) is 9.36 Å². The largest absolute Gasteiger partial charge is 0.481 e. The number of hydrogen-bond donors (Lipinski definition) is 3. The third-order valence-electron chi connectivity index (χ3n) is 1.79. The summed E-state index contributed by atoms with van der Waals surface area (Å²) in [7, 11) is -4.47. The molecule has 0 radical (unpaired) electrons. The molecule has 0 bridgehead atoms. The molecule has 0 fully saturated rings. The zero-order valence-corrected chi connectivity index (χ0v) is 9.74. The second-order valence-electron chi connectivity index (χ2n) is 3.94. The van der Waals surface area contributed by atoms with Crippen molar-refractivity contribution in [2.24, 2.45) is 0 Å². The Bertz CT molecular complexity index is 256. The number of carboxylic acids is 1. The van der Waals surface area contributed by atoms with Gasteiger partial charge >= 0.3 is 13.8 Å². The monoisotopic (exact) mass is 240 g/mol. The Labute approximate surface area is 88.5 Å². The molecule has 0 spiro atoms. The molecule has 6 nitrogen and oxygen atoms in total. The average molecular weight is 240 g/mol. The molecule has 0 aliphatic heterocycles. The van der Waals surface area contributed by atoms with Crippen LogP contribution in [-0.4, -0.2) is 26.5 Å². The Morgan fingerprint density at radius 1 is 1.33 bits per heavy atom. The van der Waals surface area contributed by atoms with E-state index in [1.54, 1.807) is 13.8 Å². The molecular formula is C8H17O6P. The summed E-state index contributed by atoms with van der Waals surface area (Å²) in [5.74, 6) is -0.872. The fourth-order valence-electron chi connectivity index (χ4n) is 1.19. The topological polar surface area (TPSA) is 104 Å². The van der Waals surface area contributed by atoms with Gasteiger partial charge in [-0.2, -0.15) is 0 Å². The van der Waals surface area contributed by atoms with Crippen molar-refractivity contribution in [3.05, 3.63) is 0 Å². The van der Waals surface area contributed by atoms with E-state index < -0.39 is 19.4 Å². The molecule has 0 unspecified atom stereocenters. The van der Waals surface area contributed by atoms with Crippen LogP contribution in [0.1, 0.15) is 39.5 Å². The summed E-state index contributed by atoms with van der Waals surface area (Å²) in [5, 5.41) is 8.37. The Morgan fingerprint density at radius 2 is 1.87 bits per heavy atom. The Balaban J connectivity index is 3.84. The standard InChI is InChI=1S/C8H17O6P/c1-8(2,14-15(11,12)13)6-4-3-5-7(9)10/h3-6H2,1-2H3,(H,9,10)(H2,11,12,13). The Hall–Kier alpha value is -0.420. The minimum absolute atomic E-state index is 0.0615. The summed E-state index contributed by atoms with van der Waals surface area (Å²) in [5.41, 5.74) is -0.933. The van der Waals surface area contributed by atoms with Gasteiger partial charge < -0.3 is 14.9 Å². The van der Waals surface area contributed by atoms with Crippen LogP contribution in [0.5, 0.6) is 0 Å². The maximum absolute atomic E-state index is 10.6. The fourth-order valence-corrected chi connectivity index (χ4v) is 1.93. The van der Waals surface area contributed by atoms with Gasteiger partial charge in [-0.3, -0.25) is 9.32 Å². The van der Waals surface area contributed by atoms with Crippen LogP contribution in [-0.2, 0) is 13.9 Å². The van der Waals surface area contributed by atoms with Crippen LogP contribution in [0.4, 0.5) is 0 Å². The zero-order valence-electron chi connectivity index (χ0n) is 8.84. The van der Waals surface area contributed by atoms with Crippen molar-refractivity contribution in [2.45, 2.75) is 45.1 Å². The molecule has 0 rings (SSSR count). The third-order valence-corrected chi connectivity index (χ3v) is 2.52. The maximum atomic E-state index is 10.6. The van der Waals surface area contributed by atoms with Gasteiger partial charge in [0.25, 0.3) is 0 Å². The number of unbranched alkanes of at least 4 members (excludes halogenated alkanes) is 1. The normalized spacial score (nSPS) is 12.8. The van der Waals surface area contributed by atoms with Crippen LogP contribution in [0.3, 0.4) is 0 Å². The smallest absolute Gasteiger partial charge is 0.470 e. The lowest BCUT2D eigenvalue weighted by Gasteiger charge is -2.24. The Kier molecular flexibility index (Phi) is 5.45. The number of carboxylic acid groups (broad SMARTS) is 1. The van der Waals surface area contributed by atoms with Gasteiger partial charge in [0.05, 0.1) is 5.60 Å². The van der Waals surface area contributed by atoms with Crippen LogP contribution < -0.4 is 0 Å². The SMILES string of the molecule is CC(C)(CCCCC(=O)O)OP(=O)(O)O. The highest BCUT2D eigenvalue weighted by molar-refractivity contribution is 7.46. The lowest BCUT2D eigenvalue weighted by molar-refractivity contribution is -0.137. The lowest BCUT2D eigenvalue weighted by atomic mass is 10.0. The summed E-state index contributed by atoms with van der Waals surface area (Å²) >= 11 is 0. The molecule has 0 aromatic rings. The van der Waals surface area contributed by atoms with E-state index in [1.807, 2.05) is 0 Å². The highest BCUT2D eigenvalue weighted by atomic mass is 31.2. The highest BCUT2D eigenvalue weighted by Gasteiger charge is 2.28. The molecule has 0 heterocycles. The van der Waals surface area contributed by atoms with Crippen LogP contribution in [0.15, 0.2) is 0 Å². The molecule has 0 saturated carbocycles. The molecule has 15 heavy (non-hydrogen) atoms. The number of carbonyl (C=O) groups is 1. The first-order chi connectivity index (χ1) is 6.62. The van der Waals surface area contributed by atoms with E-state index in [1.165, 1.54) is 0 Å². The number of phosphoric acid groups is 1. The molecule has 0 amide bonds. The van der Waals surface area contributed by atoms with Gasteiger partial charge in [-0.05, 0) is 26.7 Å².